The van der Waals surface area contributed by atoms with E-state index in [9.17, 15) is 19.7 Å². The van der Waals surface area contributed by atoms with E-state index in [0.717, 1.165) is 25.3 Å². The molecule has 23 heavy (non-hydrogen) atoms. The first kappa shape index (κ1) is 16.7. The molecule has 5 N–H and O–H groups in total. The number of benzene rings is 1. The zero-order valence-corrected chi connectivity index (χ0v) is 12.7. The fourth-order valence-electron chi connectivity index (χ4n) is 2.92. The summed E-state index contributed by atoms with van der Waals surface area (Å²) < 4.78 is 0. The van der Waals surface area contributed by atoms with Gasteiger partial charge < -0.3 is 16.8 Å². The van der Waals surface area contributed by atoms with Crippen LogP contribution in [-0.4, -0.2) is 22.8 Å². The van der Waals surface area contributed by atoms with E-state index in [1.54, 1.807) is 0 Å². The molecular weight excluding hydrogens is 300 g/mol. The Balaban J connectivity index is 2.18. The van der Waals surface area contributed by atoms with Gasteiger partial charge in [0.15, 0.2) is 0 Å². The normalized spacial score (nSPS) is 21.2. The van der Waals surface area contributed by atoms with Crippen molar-refractivity contribution in [3.8, 4) is 0 Å². The number of hydrogen-bond acceptors (Lipinski definition) is 5. The predicted octanol–water partition coefficient (Wildman–Crippen LogP) is 1.34. The molecule has 0 saturated heterocycles. The Hall–Kier alpha value is -2.64. The van der Waals surface area contributed by atoms with Gasteiger partial charge in [-0.1, -0.05) is 19.3 Å². The molecule has 8 nitrogen and oxygen atoms in total. The number of primary amides is 1. The van der Waals surface area contributed by atoms with Crippen molar-refractivity contribution in [3.63, 3.8) is 0 Å². The summed E-state index contributed by atoms with van der Waals surface area (Å²) in [7, 11) is 0. The van der Waals surface area contributed by atoms with Crippen LogP contribution < -0.4 is 16.8 Å². The van der Waals surface area contributed by atoms with Crippen LogP contribution in [0.3, 0.4) is 0 Å². The summed E-state index contributed by atoms with van der Waals surface area (Å²) in [5, 5.41) is 13.7. The van der Waals surface area contributed by atoms with E-state index < -0.39 is 22.7 Å². The number of carbonyl (C=O) groups is 2. The smallest absolute Gasteiger partial charge is 0.292 e. The van der Waals surface area contributed by atoms with Crippen molar-refractivity contribution in [1.29, 1.82) is 0 Å². The fourth-order valence-corrected chi connectivity index (χ4v) is 2.92. The highest BCUT2D eigenvalue weighted by Crippen LogP contribution is 2.25. The molecule has 1 aliphatic carbocycles. The summed E-state index contributed by atoms with van der Waals surface area (Å²) in [6.45, 7) is 0. The SMILES string of the molecule is NC(=O)[C@@H]1CCCCC[C@H]1NC(=O)c1ccc(N)c([N+](=O)[O-])c1. The van der Waals surface area contributed by atoms with Crippen LogP contribution >= 0.6 is 0 Å². The Bertz CT molecular complexity index is 632. The minimum atomic E-state index is -0.635. The van der Waals surface area contributed by atoms with Gasteiger partial charge in [0.25, 0.3) is 11.6 Å². The minimum Gasteiger partial charge on any atom is -0.393 e. The van der Waals surface area contributed by atoms with Crippen molar-refractivity contribution in [3.05, 3.63) is 33.9 Å². The van der Waals surface area contributed by atoms with Gasteiger partial charge in [-0.3, -0.25) is 19.7 Å². The largest absolute Gasteiger partial charge is 0.393 e. The summed E-state index contributed by atoms with van der Waals surface area (Å²) >= 11 is 0. The van der Waals surface area contributed by atoms with Crippen molar-refractivity contribution in [1.82, 2.24) is 5.32 Å². The molecule has 1 aliphatic rings. The summed E-state index contributed by atoms with van der Waals surface area (Å²) in [6, 6.07) is 3.54. The second-order valence-corrected chi connectivity index (χ2v) is 5.76. The van der Waals surface area contributed by atoms with Crippen LogP contribution in [0.1, 0.15) is 42.5 Å². The average molecular weight is 320 g/mol. The minimum absolute atomic E-state index is 0.00368. The second kappa shape index (κ2) is 7.08. The zero-order chi connectivity index (χ0) is 17.0. The fraction of sp³-hybridized carbons (Fsp3) is 0.467. The molecule has 0 bridgehead atoms. The number of hydrogen-bond donors (Lipinski definition) is 3. The molecule has 1 aromatic carbocycles. The highest BCUT2D eigenvalue weighted by molar-refractivity contribution is 5.96. The van der Waals surface area contributed by atoms with Crippen molar-refractivity contribution in [2.45, 2.75) is 38.1 Å². The van der Waals surface area contributed by atoms with Gasteiger partial charge in [-0.05, 0) is 25.0 Å². The van der Waals surface area contributed by atoms with Crippen molar-refractivity contribution >= 4 is 23.2 Å². The lowest BCUT2D eigenvalue weighted by Gasteiger charge is -2.23. The molecule has 0 aliphatic heterocycles. The molecule has 124 valence electrons. The number of nitrogens with two attached hydrogens (primary N) is 2. The third-order valence-corrected chi connectivity index (χ3v) is 4.19. The van der Waals surface area contributed by atoms with Gasteiger partial charge in [-0.15, -0.1) is 0 Å². The first-order chi connectivity index (χ1) is 10.9. The van der Waals surface area contributed by atoms with Crippen LogP contribution in [0.4, 0.5) is 11.4 Å². The third kappa shape index (κ3) is 3.97. The summed E-state index contributed by atoms with van der Waals surface area (Å²) in [5.74, 6) is -1.31. The maximum absolute atomic E-state index is 12.4. The second-order valence-electron chi connectivity index (χ2n) is 5.76. The van der Waals surface area contributed by atoms with E-state index in [-0.39, 0.29) is 23.0 Å². The van der Waals surface area contributed by atoms with Gasteiger partial charge in [0, 0.05) is 17.7 Å². The van der Waals surface area contributed by atoms with E-state index in [2.05, 4.69) is 5.32 Å². The Morgan fingerprint density at radius 3 is 2.57 bits per heavy atom. The predicted molar refractivity (Wildman–Crippen MR) is 84.5 cm³/mol. The highest BCUT2D eigenvalue weighted by Gasteiger charge is 2.29. The molecule has 0 heterocycles. The van der Waals surface area contributed by atoms with Crippen LogP contribution in [0, 0.1) is 16.0 Å². The molecule has 1 aromatic rings. The number of nitrogens with zero attached hydrogens (tertiary/aromatic N) is 1. The van der Waals surface area contributed by atoms with E-state index in [1.807, 2.05) is 0 Å². The molecular formula is C15H20N4O4. The molecule has 2 amide bonds. The number of amides is 2. The monoisotopic (exact) mass is 320 g/mol. The van der Waals surface area contributed by atoms with Crippen LogP contribution in [0.25, 0.3) is 0 Å². The van der Waals surface area contributed by atoms with Gasteiger partial charge in [-0.25, -0.2) is 0 Å². The number of nitrogens with one attached hydrogen (secondary N) is 1. The van der Waals surface area contributed by atoms with Gasteiger partial charge >= 0.3 is 0 Å². The van der Waals surface area contributed by atoms with Crippen molar-refractivity contribution < 1.29 is 14.5 Å². The standard InChI is InChI=1S/C15H20N4O4/c16-11-7-6-9(8-13(11)19(22)23)15(21)18-12-5-3-1-2-4-10(12)14(17)20/h6-8,10,12H,1-5,16H2,(H2,17,20)(H,18,21)/t10-,12-/m1/s1. The third-order valence-electron chi connectivity index (χ3n) is 4.19. The topological polar surface area (TPSA) is 141 Å². The van der Waals surface area contributed by atoms with Crippen molar-refractivity contribution in [2.24, 2.45) is 11.7 Å². The van der Waals surface area contributed by atoms with Crippen LogP contribution in [-0.2, 0) is 4.79 Å². The number of nitro benzene ring substituents is 1. The lowest BCUT2D eigenvalue weighted by atomic mass is 9.93. The van der Waals surface area contributed by atoms with Crippen LogP contribution in [0.5, 0.6) is 0 Å². The van der Waals surface area contributed by atoms with Crippen molar-refractivity contribution in [2.75, 3.05) is 5.73 Å². The van der Waals surface area contributed by atoms with E-state index in [4.69, 9.17) is 11.5 Å². The van der Waals surface area contributed by atoms with E-state index >= 15 is 0 Å². The molecule has 0 radical (unpaired) electrons. The van der Waals surface area contributed by atoms with Crippen LogP contribution in [0.15, 0.2) is 18.2 Å². The average Bonchev–Trinajstić information content (AvgIpc) is 2.72. The number of anilines is 1. The number of carbonyl (C=O) groups excluding carboxylic acids is 2. The quantitative estimate of drug-likeness (QED) is 0.332. The van der Waals surface area contributed by atoms with Gasteiger partial charge in [0.2, 0.25) is 5.91 Å². The van der Waals surface area contributed by atoms with E-state index in [1.165, 1.54) is 12.1 Å². The molecule has 1 saturated carbocycles. The lowest BCUT2D eigenvalue weighted by molar-refractivity contribution is -0.383. The Morgan fingerprint density at radius 1 is 1.22 bits per heavy atom. The van der Waals surface area contributed by atoms with Gasteiger partial charge in [-0.2, -0.15) is 0 Å². The Morgan fingerprint density at radius 2 is 1.91 bits per heavy atom. The maximum Gasteiger partial charge on any atom is 0.292 e. The molecule has 0 unspecified atom stereocenters. The highest BCUT2D eigenvalue weighted by atomic mass is 16.6. The van der Waals surface area contributed by atoms with Gasteiger partial charge in [0.05, 0.1) is 10.8 Å². The van der Waals surface area contributed by atoms with Gasteiger partial charge in [0.1, 0.15) is 5.69 Å². The Labute approximate surface area is 133 Å². The first-order valence-corrected chi connectivity index (χ1v) is 7.54. The number of rotatable bonds is 4. The van der Waals surface area contributed by atoms with Crippen LogP contribution in [0.2, 0.25) is 0 Å². The lowest BCUT2D eigenvalue weighted by Crippen LogP contribution is -2.44. The summed E-state index contributed by atoms with van der Waals surface area (Å²) in [6.07, 6.45) is 4.09. The summed E-state index contributed by atoms with van der Waals surface area (Å²) in [4.78, 5) is 34.2. The Kier molecular flexibility index (Phi) is 5.15. The number of nitrogen functional groups attached to an aromatic ring is 1. The first-order valence-electron chi connectivity index (χ1n) is 7.54. The molecule has 2 atom stereocenters. The molecule has 2 rings (SSSR count). The zero-order valence-electron chi connectivity index (χ0n) is 12.7. The van der Waals surface area contributed by atoms with E-state index in [0.29, 0.717) is 12.8 Å². The molecule has 0 spiro atoms. The number of nitro groups is 1. The molecule has 0 aromatic heterocycles. The summed E-state index contributed by atoms with van der Waals surface area (Å²) in [5.41, 5.74) is 10.8. The maximum atomic E-state index is 12.4. The molecule has 1 fully saturated rings. The molecule has 8 heteroatoms.